The fraction of sp³-hybridized carbons (Fsp3) is 0.471. The summed E-state index contributed by atoms with van der Waals surface area (Å²) in [6, 6.07) is 6.58. The highest BCUT2D eigenvalue weighted by Crippen LogP contribution is 2.32. The molecular formula is C17H21FN4OS. The quantitative estimate of drug-likeness (QED) is 0.834. The van der Waals surface area contributed by atoms with Gasteiger partial charge >= 0.3 is 0 Å². The Bertz CT molecular complexity index is 720. The molecule has 1 saturated carbocycles. The van der Waals surface area contributed by atoms with Crippen LogP contribution in [0, 0.1) is 5.82 Å². The van der Waals surface area contributed by atoms with Gasteiger partial charge in [0.25, 0.3) is 5.91 Å². The summed E-state index contributed by atoms with van der Waals surface area (Å²) in [5.41, 5.74) is 1.12. The van der Waals surface area contributed by atoms with Crippen LogP contribution in [-0.4, -0.2) is 50.4 Å². The number of amides is 1. The zero-order valence-corrected chi connectivity index (χ0v) is 14.7. The van der Waals surface area contributed by atoms with E-state index in [4.69, 9.17) is 0 Å². The number of benzene rings is 1. The van der Waals surface area contributed by atoms with Gasteiger partial charge in [0.2, 0.25) is 0 Å². The highest BCUT2D eigenvalue weighted by molar-refractivity contribution is 7.99. The zero-order chi connectivity index (χ0) is 17.1. The normalized spacial score (nSPS) is 20.3. The van der Waals surface area contributed by atoms with Gasteiger partial charge in [0, 0.05) is 18.3 Å². The number of hydrogen-bond acceptors (Lipinski definition) is 4. The minimum absolute atomic E-state index is 0.105. The molecule has 2 aromatic rings. The van der Waals surface area contributed by atoms with Crippen molar-refractivity contribution in [3.05, 3.63) is 47.5 Å². The minimum atomic E-state index is -0.284. The van der Waals surface area contributed by atoms with Gasteiger partial charge in [-0.25, -0.2) is 9.07 Å². The van der Waals surface area contributed by atoms with Crippen molar-refractivity contribution >= 4 is 17.7 Å². The van der Waals surface area contributed by atoms with E-state index < -0.39 is 0 Å². The van der Waals surface area contributed by atoms with E-state index in [1.807, 2.05) is 24.9 Å². The van der Waals surface area contributed by atoms with Crippen molar-refractivity contribution in [1.82, 2.24) is 19.9 Å². The van der Waals surface area contributed by atoms with Gasteiger partial charge in [-0.15, -0.1) is 5.10 Å². The van der Waals surface area contributed by atoms with E-state index in [2.05, 4.69) is 16.6 Å². The Morgan fingerprint density at radius 2 is 2.29 bits per heavy atom. The Hall–Kier alpha value is -1.89. The number of thioether (sulfide) groups is 1. The van der Waals surface area contributed by atoms with Gasteiger partial charge in [-0.2, -0.15) is 11.8 Å². The molecule has 1 heterocycles. The van der Waals surface area contributed by atoms with E-state index in [0.717, 1.165) is 24.8 Å². The van der Waals surface area contributed by atoms with Gasteiger partial charge in [0.1, 0.15) is 5.82 Å². The van der Waals surface area contributed by atoms with Crippen LogP contribution in [0.1, 0.15) is 35.3 Å². The van der Waals surface area contributed by atoms with Crippen molar-refractivity contribution in [3.8, 4) is 0 Å². The van der Waals surface area contributed by atoms with E-state index in [1.54, 1.807) is 21.8 Å². The third kappa shape index (κ3) is 3.61. The van der Waals surface area contributed by atoms with E-state index in [9.17, 15) is 9.18 Å². The molecule has 3 rings (SSSR count). The fourth-order valence-electron chi connectivity index (χ4n) is 3.25. The average molecular weight is 348 g/mol. The SMILES string of the molecule is CS[C@H]1CCC[C@@H]1N(C)C(=O)c1cn(Cc2cccc(F)c2)nn1. The van der Waals surface area contributed by atoms with E-state index in [1.165, 1.54) is 12.1 Å². The molecule has 5 nitrogen and oxygen atoms in total. The van der Waals surface area contributed by atoms with Gasteiger partial charge < -0.3 is 4.90 Å². The first-order valence-corrected chi connectivity index (χ1v) is 9.32. The average Bonchev–Trinajstić information content (AvgIpc) is 3.22. The van der Waals surface area contributed by atoms with Crippen LogP contribution in [0.15, 0.2) is 30.5 Å². The lowest BCUT2D eigenvalue weighted by Gasteiger charge is -2.28. The van der Waals surface area contributed by atoms with Gasteiger partial charge in [-0.1, -0.05) is 23.8 Å². The predicted molar refractivity (Wildman–Crippen MR) is 92.6 cm³/mol. The third-order valence-corrected chi connectivity index (χ3v) is 5.68. The Labute approximate surface area is 145 Å². The second-order valence-electron chi connectivity index (χ2n) is 6.12. The molecule has 7 heteroatoms. The summed E-state index contributed by atoms with van der Waals surface area (Å²) in [6.07, 6.45) is 7.06. The second-order valence-corrected chi connectivity index (χ2v) is 7.20. The summed E-state index contributed by atoms with van der Waals surface area (Å²) in [5.74, 6) is -0.389. The summed E-state index contributed by atoms with van der Waals surface area (Å²) in [5, 5.41) is 8.49. The Morgan fingerprint density at radius 1 is 1.46 bits per heavy atom. The summed E-state index contributed by atoms with van der Waals surface area (Å²) < 4.78 is 14.8. The number of aromatic nitrogens is 3. The maximum absolute atomic E-state index is 13.2. The van der Waals surface area contributed by atoms with Crippen molar-refractivity contribution in [3.63, 3.8) is 0 Å². The second kappa shape index (κ2) is 7.34. The topological polar surface area (TPSA) is 51.0 Å². The molecule has 1 aliphatic carbocycles. The molecular weight excluding hydrogens is 327 g/mol. The van der Waals surface area contributed by atoms with Crippen molar-refractivity contribution in [2.24, 2.45) is 0 Å². The van der Waals surface area contributed by atoms with E-state index in [-0.39, 0.29) is 17.8 Å². The smallest absolute Gasteiger partial charge is 0.276 e. The summed E-state index contributed by atoms with van der Waals surface area (Å²) in [6.45, 7) is 0.388. The molecule has 1 aromatic heterocycles. The summed E-state index contributed by atoms with van der Waals surface area (Å²) >= 11 is 1.82. The van der Waals surface area contributed by atoms with Crippen molar-refractivity contribution < 1.29 is 9.18 Å². The molecule has 1 fully saturated rings. The maximum atomic E-state index is 13.2. The van der Waals surface area contributed by atoms with E-state index in [0.29, 0.717) is 17.5 Å². The molecule has 128 valence electrons. The summed E-state index contributed by atoms with van der Waals surface area (Å²) in [7, 11) is 1.84. The molecule has 1 aliphatic rings. The predicted octanol–water partition coefficient (Wildman–Crippen LogP) is 2.82. The standard InChI is InChI=1S/C17H21FN4OS/c1-21(15-7-4-8-16(15)24-2)17(23)14-11-22(20-19-14)10-12-5-3-6-13(18)9-12/h3,5-6,9,11,15-16H,4,7-8,10H2,1-2H3/t15-,16-/m0/s1. The number of rotatable bonds is 5. The van der Waals surface area contributed by atoms with Crippen molar-refractivity contribution in [1.29, 1.82) is 0 Å². The molecule has 0 aliphatic heterocycles. The molecule has 2 atom stereocenters. The minimum Gasteiger partial charge on any atom is -0.336 e. The van der Waals surface area contributed by atoms with Crippen LogP contribution in [0.2, 0.25) is 0 Å². The molecule has 24 heavy (non-hydrogen) atoms. The molecule has 1 amide bonds. The molecule has 0 saturated heterocycles. The Kier molecular flexibility index (Phi) is 5.18. The van der Waals surface area contributed by atoms with Gasteiger partial charge in [0.05, 0.1) is 12.7 Å². The lowest BCUT2D eigenvalue weighted by Crippen LogP contribution is -2.40. The maximum Gasteiger partial charge on any atom is 0.276 e. The van der Waals surface area contributed by atoms with Crippen LogP contribution >= 0.6 is 11.8 Å². The first kappa shape index (κ1) is 17.0. The third-order valence-electron chi connectivity index (χ3n) is 4.53. The van der Waals surface area contributed by atoms with Crippen LogP contribution in [0.5, 0.6) is 0 Å². The van der Waals surface area contributed by atoms with Crippen LogP contribution in [-0.2, 0) is 6.54 Å². The zero-order valence-electron chi connectivity index (χ0n) is 13.9. The number of carbonyl (C=O) groups is 1. The highest BCUT2D eigenvalue weighted by Gasteiger charge is 2.33. The van der Waals surface area contributed by atoms with Crippen molar-refractivity contribution in [2.45, 2.75) is 37.1 Å². The fourth-order valence-corrected chi connectivity index (χ4v) is 4.29. The number of halogens is 1. The van der Waals surface area contributed by atoms with Crippen LogP contribution in [0.3, 0.4) is 0 Å². The molecule has 0 bridgehead atoms. The van der Waals surface area contributed by atoms with Crippen LogP contribution in [0.4, 0.5) is 4.39 Å². The lowest BCUT2D eigenvalue weighted by molar-refractivity contribution is 0.0732. The lowest BCUT2D eigenvalue weighted by atomic mass is 10.2. The number of hydrogen-bond donors (Lipinski definition) is 0. The monoisotopic (exact) mass is 348 g/mol. The molecule has 0 radical (unpaired) electrons. The number of carbonyl (C=O) groups excluding carboxylic acids is 1. The Morgan fingerprint density at radius 3 is 3.04 bits per heavy atom. The molecule has 0 spiro atoms. The first-order valence-electron chi connectivity index (χ1n) is 8.03. The highest BCUT2D eigenvalue weighted by atomic mass is 32.2. The van der Waals surface area contributed by atoms with Gasteiger partial charge in [0.15, 0.2) is 5.69 Å². The van der Waals surface area contributed by atoms with E-state index >= 15 is 0 Å². The summed E-state index contributed by atoms with van der Waals surface area (Å²) in [4.78, 5) is 14.5. The van der Waals surface area contributed by atoms with Crippen molar-refractivity contribution in [2.75, 3.05) is 13.3 Å². The number of nitrogens with zero attached hydrogens (tertiary/aromatic N) is 4. The van der Waals surface area contributed by atoms with Gasteiger partial charge in [-0.05, 0) is 36.8 Å². The van der Waals surface area contributed by atoms with Crippen LogP contribution in [0.25, 0.3) is 0 Å². The Balaban J connectivity index is 1.69. The molecule has 0 unspecified atom stereocenters. The largest absolute Gasteiger partial charge is 0.336 e. The molecule has 1 aromatic carbocycles. The van der Waals surface area contributed by atoms with Crippen LogP contribution < -0.4 is 0 Å². The first-order chi connectivity index (χ1) is 11.6. The van der Waals surface area contributed by atoms with Gasteiger partial charge in [-0.3, -0.25) is 4.79 Å². The molecule has 0 N–H and O–H groups in total.